The number of hydrogen-bond acceptors (Lipinski definition) is 3. The zero-order valence-corrected chi connectivity index (χ0v) is 13.8. The van der Waals surface area contributed by atoms with Crippen LogP contribution in [-0.2, 0) is 13.6 Å². The van der Waals surface area contributed by atoms with Gasteiger partial charge in [0.05, 0.1) is 4.85 Å². The van der Waals surface area contributed by atoms with Crippen LogP contribution in [0.1, 0.15) is 33.1 Å². The monoisotopic (exact) mass is 260 g/mol. The molecule has 0 N–H and O–H groups in total. The van der Waals surface area contributed by atoms with Gasteiger partial charge in [-0.1, -0.05) is 0 Å². The molecule has 16 heavy (non-hydrogen) atoms. The van der Waals surface area contributed by atoms with Crippen LogP contribution in [0.2, 0.25) is 0 Å². The molecule has 1 atom stereocenters. The second-order valence-corrected chi connectivity index (χ2v) is 10.3. The summed E-state index contributed by atoms with van der Waals surface area (Å²) in [4.78, 5) is -0.140. The van der Waals surface area contributed by atoms with E-state index < -0.39 is 8.56 Å². The summed E-state index contributed by atoms with van der Waals surface area (Å²) in [6, 6.07) is 0. The van der Waals surface area contributed by atoms with Crippen molar-refractivity contribution in [2.75, 3.05) is 19.8 Å². The van der Waals surface area contributed by atoms with Gasteiger partial charge >= 0.3 is 8.56 Å². The Morgan fingerprint density at radius 1 is 1.38 bits per heavy atom. The maximum absolute atomic E-state index is 6.03. The van der Waals surface area contributed by atoms with E-state index in [-0.39, 0.29) is 4.85 Å². The van der Waals surface area contributed by atoms with E-state index in [1.807, 2.05) is 19.5 Å². The second-order valence-electron chi connectivity index (χ2n) is 4.27. The van der Waals surface area contributed by atoms with Crippen molar-refractivity contribution in [3.63, 3.8) is 0 Å². The highest BCUT2D eigenvalue weighted by Gasteiger charge is 2.54. The molecule has 0 aromatic rings. The minimum absolute atomic E-state index is 0.140. The van der Waals surface area contributed by atoms with Crippen molar-refractivity contribution in [3.8, 4) is 0 Å². The summed E-state index contributed by atoms with van der Waals surface area (Å²) in [6.07, 6.45) is 3.44. The van der Waals surface area contributed by atoms with Gasteiger partial charge in [-0.15, -0.1) is 6.58 Å². The molecule has 5 heteroatoms. The van der Waals surface area contributed by atoms with E-state index in [4.69, 9.17) is 13.6 Å². The van der Waals surface area contributed by atoms with Crippen molar-refractivity contribution in [2.45, 2.75) is 38.0 Å². The van der Waals surface area contributed by atoms with Gasteiger partial charge in [0.2, 0.25) is 0 Å². The fourth-order valence-corrected chi connectivity index (χ4v) is 7.40. The third kappa shape index (κ3) is 2.65. The molecule has 0 aromatic carbocycles. The van der Waals surface area contributed by atoms with Crippen LogP contribution in [-0.4, -0.2) is 43.5 Å². The Morgan fingerprint density at radius 2 is 2.00 bits per heavy atom. The first-order chi connectivity index (χ1) is 7.64. The fourth-order valence-electron chi connectivity index (χ4n) is 2.32. The predicted octanol–water partition coefficient (Wildman–Crippen LogP) is 1.03. The summed E-state index contributed by atoms with van der Waals surface area (Å²) in [5.41, 5.74) is 1.92. The first-order valence-corrected chi connectivity index (χ1v) is 9.09. The molecule has 0 radical (unpaired) electrons. The van der Waals surface area contributed by atoms with E-state index in [2.05, 4.69) is 6.58 Å². The Morgan fingerprint density at radius 3 is 2.38 bits per heavy atom. The maximum atomic E-state index is 6.03. The lowest BCUT2D eigenvalue weighted by molar-refractivity contribution is -0.00579. The molecule has 1 aliphatic rings. The third-order valence-corrected chi connectivity index (χ3v) is 9.91. The molecular formula is C11H24O3Si2. The summed E-state index contributed by atoms with van der Waals surface area (Å²) < 4.78 is 18.0. The van der Waals surface area contributed by atoms with Gasteiger partial charge in [-0.3, -0.25) is 0 Å². The molecule has 1 aliphatic heterocycles. The molecular weight excluding hydrogens is 236 g/mol. The maximum Gasteiger partial charge on any atom is 0.393 e. The van der Waals surface area contributed by atoms with Crippen molar-refractivity contribution in [1.29, 1.82) is 0 Å². The fraction of sp³-hybridized carbons (Fsp3) is 0.818. The second kappa shape index (κ2) is 6.11. The summed E-state index contributed by atoms with van der Waals surface area (Å²) >= 11 is 0. The van der Waals surface area contributed by atoms with Crippen molar-refractivity contribution in [1.82, 2.24) is 0 Å². The van der Waals surface area contributed by atoms with Crippen LogP contribution in [0.5, 0.6) is 0 Å². The first-order valence-electron chi connectivity index (χ1n) is 6.19. The summed E-state index contributed by atoms with van der Waals surface area (Å²) in [5.74, 6) is 0. The Balaban J connectivity index is 2.91. The lowest BCUT2D eigenvalue weighted by Crippen LogP contribution is -2.65. The molecule has 0 aliphatic carbocycles. The zero-order valence-electron chi connectivity index (χ0n) is 10.8. The average molecular weight is 260 g/mol. The molecule has 3 nitrogen and oxygen atoms in total. The van der Waals surface area contributed by atoms with Crippen LogP contribution in [0.4, 0.5) is 0 Å². The molecule has 0 amide bonds. The highest BCUT2D eigenvalue weighted by atomic mass is 28.4. The molecule has 1 heterocycles. The van der Waals surface area contributed by atoms with E-state index in [0.717, 1.165) is 29.7 Å². The molecule has 0 bridgehead atoms. The quantitative estimate of drug-likeness (QED) is 0.668. The third-order valence-electron chi connectivity index (χ3n) is 3.19. The van der Waals surface area contributed by atoms with Gasteiger partial charge < -0.3 is 13.6 Å². The minimum Gasteiger partial charge on any atom is -0.390 e. The van der Waals surface area contributed by atoms with Gasteiger partial charge in [-0.2, -0.15) is 0 Å². The summed E-state index contributed by atoms with van der Waals surface area (Å²) in [7, 11) is -1.45. The smallest absolute Gasteiger partial charge is 0.390 e. The van der Waals surface area contributed by atoms with Crippen LogP contribution in [0, 0.1) is 0 Å². The van der Waals surface area contributed by atoms with Gasteiger partial charge in [0.25, 0.3) is 0 Å². The molecule has 0 spiro atoms. The van der Waals surface area contributed by atoms with Crippen LogP contribution in [0.15, 0.2) is 12.3 Å². The van der Waals surface area contributed by atoms with Crippen LogP contribution in [0.25, 0.3) is 0 Å². The van der Waals surface area contributed by atoms with Crippen LogP contribution >= 0.6 is 0 Å². The predicted molar refractivity (Wildman–Crippen MR) is 71.7 cm³/mol. The number of hydrogen-bond donors (Lipinski definition) is 0. The van der Waals surface area contributed by atoms with Gasteiger partial charge in [0, 0.05) is 30.1 Å². The lowest BCUT2D eigenvalue weighted by atomic mass is 10.2. The van der Waals surface area contributed by atoms with Gasteiger partial charge in [0.1, 0.15) is 0 Å². The van der Waals surface area contributed by atoms with Crippen molar-refractivity contribution in [2.24, 2.45) is 0 Å². The summed E-state index contributed by atoms with van der Waals surface area (Å²) in [6.45, 7) is 10.2. The minimum atomic E-state index is -2.39. The van der Waals surface area contributed by atoms with E-state index in [0.29, 0.717) is 13.2 Å². The molecule has 1 rings (SSSR count). The highest BCUT2D eigenvalue weighted by Crippen LogP contribution is 2.33. The van der Waals surface area contributed by atoms with Crippen LogP contribution < -0.4 is 0 Å². The Hall–Kier alpha value is 0.0538. The Labute approximate surface area is 103 Å². The number of rotatable bonds is 6. The van der Waals surface area contributed by atoms with E-state index in [1.165, 1.54) is 6.42 Å². The summed E-state index contributed by atoms with van der Waals surface area (Å²) in [5, 5.41) is 0. The molecule has 0 aromatic heterocycles. The molecule has 94 valence electrons. The van der Waals surface area contributed by atoms with E-state index in [1.54, 1.807) is 0 Å². The van der Waals surface area contributed by atoms with Gasteiger partial charge in [-0.05, 0) is 38.8 Å². The lowest BCUT2D eigenvalue weighted by Gasteiger charge is -2.45. The Kier molecular flexibility index (Phi) is 5.39. The molecule has 0 saturated carbocycles. The van der Waals surface area contributed by atoms with E-state index in [9.17, 15) is 0 Å². The first kappa shape index (κ1) is 14.1. The standard InChI is InChI=1S/C11H24O3Si2/c1-4-13-16(6-3,14-5-2)11(15)9-7-8-10-12-11/h6H,3-5,7-10H2,1-2,15H3. The normalized spacial score (nSPS) is 26.9. The largest absolute Gasteiger partial charge is 0.393 e. The van der Waals surface area contributed by atoms with Gasteiger partial charge in [0.15, 0.2) is 0 Å². The van der Waals surface area contributed by atoms with Crippen molar-refractivity contribution < 1.29 is 13.6 Å². The average Bonchev–Trinajstić information content (AvgIpc) is 2.29. The molecule has 1 fully saturated rings. The SMILES string of the molecule is C=C[Si](OCC)(OCC)C1([SiH3])CCCCO1. The van der Waals surface area contributed by atoms with E-state index >= 15 is 0 Å². The zero-order chi connectivity index (χ0) is 12.1. The van der Waals surface area contributed by atoms with Gasteiger partial charge in [-0.25, -0.2) is 0 Å². The highest BCUT2D eigenvalue weighted by molar-refractivity contribution is 6.81. The topological polar surface area (TPSA) is 27.7 Å². The van der Waals surface area contributed by atoms with Crippen molar-refractivity contribution >= 4 is 18.8 Å². The van der Waals surface area contributed by atoms with Crippen LogP contribution in [0.3, 0.4) is 0 Å². The number of ether oxygens (including phenoxy) is 1. The Bertz CT molecular complexity index is 221. The molecule has 1 unspecified atom stereocenters. The van der Waals surface area contributed by atoms with Crippen molar-refractivity contribution in [3.05, 3.63) is 12.3 Å². The molecule has 1 saturated heterocycles.